The lowest BCUT2D eigenvalue weighted by molar-refractivity contribution is 0.0992. The van der Waals surface area contributed by atoms with Gasteiger partial charge in [0.25, 0.3) is 5.56 Å². The van der Waals surface area contributed by atoms with Crippen LogP contribution in [0.2, 0.25) is 0 Å². The molecule has 0 radical (unpaired) electrons. The molecule has 0 aliphatic heterocycles. The average Bonchev–Trinajstić information content (AvgIpc) is 2.16. The van der Waals surface area contributed by atoms with Crippen molar-refractivity contribution >= 4 is 5.78 Å². The Kier molecular flexibility index (Phi) is 2.65. The maximum absolute atomic E-state index is 11.1. The van der Waals surface area contributed by atoms with Crippen LogP contribution in [0.3, 0.4) is 0 Å². The van der Waals surface area contributed by atoms with Crippen LogP contribution >= 0.6 is 0 Å². The molecule has 0 aromatic carbocycles. The van der Waals surface area contributed by atoms with E-state index in [1.165, 1.54) is 12.1 Å². The molecule has 0 saturated carbocycles. The van der Waals surface area contributed by atoms with Crippen LogP contribution < -0.4 is 11.3 Å². The maximum atomic E-state index is 11.1. The van der Waals surface area contributed by atoms with Gasteiger partial charge in [0.05, 0.1) is 11.8 Å². The SMILES string of the molecule is NCC(=O)c1cccc(=O)n1N=O. The molecule has 0 aliphatic carbocycles. The Morgan fingerprint density at radius 3 is 2.77 bits per heavy atom. The first-order valence-electron chi connectivity index (χ1n) is 3.49. The minimum absolute atomic E-state index is 0.0926. The lowest BCUT2D eigenvalue weighted by atomic mass is 10.2. The third-order valence-corrected chi connectivity index (χ3v) is 1.48. The summed E-state index contributed by atoms with van der Waals surface area (Å²) >= 11 is 0. The second-order valence-electron chi connectivity index (χ2n) is 2.27. The first-order chi connectivity index (χ1) is 6.20. The predicted octanol–water partition coefficient (Wildman–Crippen LogP) is -0.481. The van der Waals surface area contributed by atoms with Gasteiger partial charge in [0.2, 0.25) is 0 Å². The molecule has 1 aromatic rings. The fourth-order valence-electron chi connectivity index (χ4n) is 0.881. The van der Waals surface area contributed by atoms with Crippen LogP contribution in [-0.2, 0) is 0 Å². The van der Waals surface area contributed by atoms with Crippen molar-refractivity contribution in [2.75, 3.05) is 6.54 Å². The van der Waals surface area contributed by atoms with Gasteiger partial charge in [-0.1, -0.05) is 6.07 Å². The van der Waals surface area contributed by atoms with Crippen LogP contribution in [0.1, 0.15) is 10.5 Å². The topological polar surface area (TPSA) is 94.5 Å². The largest absolute Gasteiger partial charge is 0.324 e. The van der Waals surface area contributed by atoms with Crippen molar-refractivity contribution < 1.29 is 4.79 Å². The molecule has 1 aromatic heterocycles. The van der Waals surface area contributed by atoms with Gasteiger partial charge in [-0.3, -0.25) is 9.59 Å². The minimum atomic E-state index is -0.644. The molecular weight excluding hydrogens is 174 g/mol. The van der Waals surface area contributed by atoms with Gasteiger partial charge in [-0.05, 0) is 6.07 Å². The molecule has 13 heavy (non-hydrogen) atoms. The number of pyridine rings is 1. The van der Waals surface area contributed by atoms with E-state index in [0.717, 1.165) is 6.07 Å². The number of nitroso groups, excluding NO2 is 1. The molecule has 6 nitrogen and oxygen atoms in total. The van der Waals surface area contributed by atoms with Crippen molar-refractivity contribution in [1.29, 1.82) is 0 Å². The Morgan fingerprint density at radius 2 is 2.23 bits per heavy atom. The molecule has 0 atom stereocenters. The maximum Gasteiger partial charge on any atom is 0.274 e. The van der Waals surface area contributed by atoms with E-state index < -0.39 is 11.3 Å². The fraction of sp³-hybridized carbons (Fsp3) is 0.143. The highest BCUT2D eigenvalue weighted by Gasteiger charge is 2.10. The molecule has 0 saturated heterocycles. The number of hydrogen-bond acceptors (Lipinski definition) is 5. The lowest BCUT2D eigenvalue weighted by Crippen LogP contribution is -2.24. The molecular formula is C7H7N3O3. The van der Waals surface area contributed by atoms with Crippen molar-refractivity contribution in [3.63, 3.8) is 0 Å². The second kappa shape index (κ2) is 3.72. The average molecular weight is 181 g/mol. The van der Waals surface area contributed by atoms with E-state index in [-0.39, 0.29) is 12.2 Å². The third kappa shape index (κ3) is 1.67. The van der Waals surface area contributed by atoms with E-state index in [1.807, 2.05) is 0 Å². The molecule has 68 valence electrons. The van der Waals surface area contributed by atoms with E-state index in [0.29, 0.717) is 4.68 Å². The summed E-state index contributed by atoms with van der Waals surface area (Å²) in [5, 5.41) is 2.42. The molecule has 0 amide bonds. The van der Waals surface area contributed by atoms with Crippen LogP contribution in [0.5, 0.6) is 0 Å². The van der Waals surface area contributed by atoms with Gasteiger partial charge < -0.3 is 5.73 Å². The molecule has 0 aliphatic rings. The van der Waals surface area contributed by atoms with Gasteiger partial charge >= 0.3 is 0 Å². The monoisotopic (exact) mass is 181 g/mol. The normalized spacial score (nSPS) is 9.62. The van der Waals surface area contributed by atoms with E-state index in [1.54, 1.807) is 0 Å². The Bertz CT molecular complexity index is 396. The summed E-state index contributed by atoms with van der Waals surface area (Å²) in [4.78, 5) is 32.2. The van der Waals surface area contributed by atoms with Crippen LogP contribution in [0.15, 0.2) is 28.3 Å². The van der Waals surface area contributed by atoms with Crippen LogP contribution in [0.25, 0.3) is 0 Å². The van der Waals surface area contributed by atoms with E-state index in [4.69, 9.17) is 5.73 Å². The molecule has 0 unspecified atom stereocenters. The summed E-state index contributed by atoms with van der Waals surface area (Å²) in [6.07, 6.45) is 0. The lowest BCUT2D eigenvalue weighted by Gasteiger charge is -2.00. The third-order valence-electron chi connectivity index (χ3n) is 1.48. The summed E-state index contributed by atoms with van der Waals surface area (Å²) in [5.41, 5.74) is 4.33. The Morgan fingerprint density at radius 1 is 1.54 bits per heavy atom. The number of carbonyl (C=O) groups is 1. The summed E-state index contributed by atoms with van der Waals surface area (Å²) in [6, 6.07) is 3.82. The van der Waals surface area contributed by atoms with Crippen molar-refractivity contribution in [2.45, 2.75) is 0 Å². The van der Waals surface area contributed by atoms with E-state index >= 15 is 0 Å². The van der Waals surface area contributed by atoms with Gasteiger partial charge in [0.15, 0.2) is 5.78 Å². The highest BCUT2D eigenvalue weighted by Crippen LogP contribution is 1.96. The fourth-order valence-corrected chi connectivity index (χ4v) is 0.881. The number of rotatable bonds is 3. The Hall–Kier alpha value is -1.82. The van der Waals surface area contributed by atoms with Crippen LogP contribution in [0, 0.1) is 4.91 Å². The zero-order valence-electron chi connectivity index (χ0n) is 6.64. The van der Waals surface area contributed by atoms with Crippen molar-refractivity contribution in [2.24, 2.45) is 11.0 Å². The van der Waals surface area contributed by atoms with Gasteiger partial charge in [0, 0.05) is 6.07 Å². The number of Topliss-reactive ketones (excluding diaryl/α,β-unsaturated/α-hetero) is 1. The summed E-state index contributed by atoms with van der Waals surface area (Å²) in [5.74, 6) is -0.502. The summed E-state index contributed by atoms with van der Waals surface area (Å²) < 4.78 is 0.481. The number of carbonyl (C=O) groups excluding carboxylic acids is 1. The molecule has 1 rings (SSSR count). The van der Waals surface area contributed by atoms with E-state index in [2.05, 4.69) is 5.29 Å². The molecule has 6 heteroatoms. The standard InChI is InChI=1S/C7H7N3O3/c8-4-6(11)5-2-1-3-7(12)10(5)9-13/h1-3H,4,8H2. The van der Waals surface area contributed by atoms with Crippen molar-refractivity contribution in [3.8, 4) is 0 Å². The first kappa shape index (κ1) is 9.27. The Balaban J connectivity index is 3.36. The van der Waals surface area contributed by atoms with Crippen molar-refractivity contribution in [3.05, 3.63) is 39.2 Å². The number of aromatic nitrogens is 1. The smallest absolute Gasteiger partial charge is 0.274 e. The number of nitrogens with two attached hydrogens (primary N) is 1. The second-order valence-corrected chi connectivity index (χ2v) is 2.27. The van der Waals surface area contributed by atoms with E-state index in [9.17, 15) is 14.5 Å². The number of nitrogens with zero attached hydrogens (tertiary/aromatic N) is 2. The van der Waals surface area contributed by atoms with Gasteiger partial charge in [0.1, 0.15) is 5.69 Å². The molecule has 0 spiro atoms. The van der Waals surface area contributed by atoms with Crippen LogP contribution in [-0.4, -0.2) is 17.0 Å². The zero-order chi connectivity index (χ0) is 9.84. The number of hydrogen-bond donors (Lipinski definition) is 1. The minimum Gasteiger partial charge on any atom is -0.324 e. The summed E-state index contributed by atoms with van der Waals surface area (Å²) in [7, 11) is 0. The number of ketones is 1. The van der Waals surface area contributed by atoms with Crippen molar-refractivity contribution in [1.82, 2.24) is 4.68 Å². The van der Waals surface area contributed by atoms with Gasteiger partial charge in [-0.25, -0.2) is 0 Å². The summed E-state index contributed by atoms with van der Waals surface area (Å²) in [6.45, 7) is -0.265. The molecule has 0 bridgehead atoms. The predicted molar refractivity (Wildman–Crippen MR) is 45.3 cm³/mol. The van der Waals surface area contributed by atoms with Gasteiger partial charge in [-0.2, -0.15) is 4.68 Å². The molecule has 1 heterocycles. The zero-order valence-corrected chi connectivity index (χ0v) is 6.64. The highest BCUT2D eigenvalue weighted by molar-refractivity contribution is 5.95. The molecule has 2 N–H and O–H groups in total. The van der Waals surface area contributed by atoms with Gasteiger partial charge in [-0.15, -0.1) is 4.91 Å². The highest BCUT2D eigenvalue weighted by atomic mass is 16.3. The molecule has 0 fully saturated rings. The quantitative estimate of drug-likeness (QED) is 0.503. The first-order valence-corrected chi connectivity index (χ1v) is 3.49. The Labute approximate surface area is 72.9 Å². The van der Waals surface area contributed by atoms with Crippen LogP contribution in [0.4, 0.5) is 0 Å².